The molecule has 1 aromatic carbocycles. The van der Waals surface area contributed by atoms with Crippen LogP contribution in [0.2, 0.25) is 10.0 Å². The van der Waals surface area contributed by atoms with E-state index in [0.717, 1.165) is 24.0 Å². The van der Waals surface area contributed by atoms with Gasteiger partial charge in [-0.3, -0.25) is 9.78 Å². The predicted molar refractivity (Wildman–Crippen MR) is 141 cm³/mol. The first kappa shape index (κ1) is 28.2. The maximum atomic E-state index is 14.1. The van der Waals surface area contributed by atoms with Crippen LogP contribution in [0.3, 0.4) is 0 Å². The van der Waals surface area contributed by atoms with Crippen molar-refractivity contribution in [3.63, 3.8) is 0 Å². The standard InChI is InChI=1S/C27H28Cl2N2O6/c1-4-11-36-27(34)20-8-6-5-7-19(20)26(33)31(15-18-14-30-10-9-17(18)2)23-13-24(22(29)12-21(23)28)37-16-25(32)35-3/h4,9-10,12-14H,1,5-8,11,15-16H2,2-3H3. The normalized spacial score (nSPS) is 13.1. The second-order valence-electron chi connectivity index (χ2n) is 8.34. The Hall–Kier alpha value is -3.36. The lowest BCUT2D eigenvalue weighted by molar-refractivity contribution is -0.143. The van der Waals surface area contributed by atoms with Gasteiger partial charge in [-0.2, -0.15) is 0 Å². The van der Waals surface area contributed by atoms with Crippen molar-refractivity contribution in [3.8, 4) is 5.75 Å². The van der Waals surface area contributed by atoms with E-state index in [9.17, 15) is 14.4 Å². The number of rotatable bonds is 10. The summed E-state index contributed by atoms with van der Waals surface area (Å²) in [5.74, 6) is -1.38. The summed E-state index contributed by atoms with van der Waals surface area (Å²) in [5, 5.41) is 0.352. The number of benzene rings is 1. The fraction of sp³-hybridized carbons (Fsp3) is 0.333. The van der Waals surface area contributed by atoms with Gasteiger partial charge in [0.2, 0.25) is 0 Å². The quantitative estimate of drug-likeness (QED) is 0.291. The Morgan fingerprint density at radius 2 is 1.86 bits per heavy atom. The lowest BCUT2D eigenvalue weighted by atomic mass is 9.90. The van der Waals surface area contributed by atoms with Crippen molar-refractivity contribution in [2.24, 2.45) is 0 Å². The van der Waals surface area contributed by atoms with Crippen LogP contribution in [0.25, 0.3) is 0 Å². The van der Waals surface area contributed by atoms with E-state index in [-0.39, 0.29) is 35.6 Å². The number of anilines is 1. The first-order valence-corrected chi connectivity index (χ1v) is 12.4. The van der Waals surface area contributed by atoms with Gasteiger partial charge in [-0.05, 0) is 55.9 Å². The summed E-state index contributed by atoms with van der Waals surface area (Å²) < 4.78 is 15.4. The Kier molecular flexibility index (Phi) is 10.1. The minimum Gasteiger partial charge on any atom is -0.480 e. The molecule has 0 spiro atoms. The number of pyridine rings is 1. The van der Waals surface area contributed by atoms with Crippen LogP contribution in [0.4, 0.5) is 5.69 Å². The number of hydrogen-bond donors (Lipinski definition) is 0. The zero-order valence-electron chi connectivity index (χ0n) is 20.7. The average Bonchev–Trinajstić information content (AvgIpc) is 2.90. The van der Waals surface area contributed by atoms with Crippen molar-refractivity contribution in [1.29, 1.82) is 0 Å². The van der Waals surface area contributed by atoms with Crippen LogP contribution >= 0.6 is 23.2 Å². The van der Waals surface area contributed by atoms with Crippen molar-refractivity contribution in [1.82, 2.24) is 4.98 Å². The maximum absolute atomic E-state index is 14.1. The smallest absolute Gasteiger partial charge is 0.343 e. The molecule has 3 rings (SSSR count). The van der Waals surface area contributed by atoms with E-state index < -0.39 is 17.8 Å². The van der Waals surface area contributed by atoms with Gasteiger partial charge in [0.15, 0.2) is 6.61 Å². The third-order valence-electron chi connectivity index (χ3n) is 5.89. The third kappa shape index (κ3) is 7.11. The molecule has 1 aromatic heterocycles. The molecule has 196 valence electrons. The molecular weight excluding hydrogens is 519 g/mol. The van der Waals surface area contributed by atoms with E-state index in [4.69, 9.17) is 32.7 Å². The van der Waals surface area contributed by atoms with Crippen LogP contribution in [0.15, 0.2) is 54.4 Å². The highest BCUT2D eigenvalue weighted by atomic mass is 35.5. The van der Waals surface area contributed by atoms with Gasteiger partial charge in [-0.15, -0.1) is 0 Å². The van der Waals surface area contributed by atoms with E-state index in [1.165, 1.54) is 30.2 Å². The van der Waals surface area contributed by atoms with Gasteiger partial charge in [-0.25, -0.2) is 9.59 Å². The molecule has 0 aliphatic heterocycles. The Bertz CT molecular complexity index is 1230. The van der Waals surface area contributed by atoms with Gasteiger partial charge in [0.05, 0.1) is 29.4 Å². The topological polar surface area (TPSA) is 95.0 Å². The van der Waals surface area contributed by atoms with Crippen LogP contribution in [0, 0.1) is 6.92 Å². The van der Waals surface area contributed by atoms with Crippen molar-refractivity contribution in [2.75, 3.05) is 25.2 Å². The van der Waals surface area contributed by atoms with Crippen LogP contribution < -0.4 is 9.64 Å². The van der Waals surface area contributed by atoms with E-state index >= 15 is 0 Å². The SMILES string of the molecule is C=CCOC(=O)C1=C(C(=O)N(Cc2cnccc2C)c2cc(OCC(=O)OC)c(Cl)cc2Cl)CCCC1. The summed E-state index contributed by atoms with van der Waals surface area (Å²) in [7, 11) is 1.24. The second-order valence-corrected chi connectivity index (χ2v) is 9.16. The first-order valence-electron chi connectivity index (χ1n) is 11.7. The second kappa shape index (κ2) is 13.3. The molecule has 0 bridgehead atoms. The van der Waals surface area contributed by atoms with Crippen LogP contribution in [0.1, 0.15) is 36.8 Å². The zero-order chi connectivity index (χ0) is 26.9. The Labute approximate surface area is 225 Å². The van der Waals surface area contributed by atoms with Crippen molar-refractivity contribution in [2.45, 2.75) is 39.2 Å². The lowest BCUT2D eigenvalue weighted by Crippen LogP contribution is -2.34. The molecule has 0 saturated heterocycles. The van der Waals surface area contributed by atoms with Gasteiger partial charge in [0.25, 0.3) is 5.91 Å². The molecule has 0 N–H and O–H groups in total. The van der Waals surface area contributed by atoms with Crippen LogP contribution in [-0.2, 0) is 30.4 Å². The van der Waals surface area contributed by atoms with Crippen LogP contribution in [0.5, 0.6) is 5.75 Å². The van der Waals surface area contributed by atoms with E-state index in [1.54, 1.807) is 12.4 Å². The van der Waals surface area contributed by atoms with E-state index in [2.05, 4.69) is 16.3 Å². The molecule has 10 heteroatoms. The number of amides is 1. The highest BCUT2D eigenvalue weighted by Gasteiger charge is 2.30. The number of esters is 2. The monoisotopic (exact) mass is 546 g/mol. The number of aryl methyl sites for hydroxylation is 1. The summed E-state index contributed by atoms with van der Waals surface area (Å²) in [6.07, 6.45) is 7.17. The van der Waals surface area contributed by atoms with Gasteiger partial charge >= 0.3 is 11.9 Å². The average molecular weight is 547 g/mol. The third-order valence-corrected chi connectivity index (χ3v) is 6.49. The Morgan fingerprint density at radius 3 is 2.54 bits per heavy atom. The molecule has 1 amide bonds. The first-order chi connectivity index (χ1) is 17.8. The predicted octanol–water partition coefficient (Wildman–Crippen LogP) is 5.38. The summed E-state index contributed by atoms with van der Waals surface area (Å²) >= 11 is 12.9. The number of carbonyl (C=O) groups is 3. The fourth-order valence-corrected chi connectivity index (χ4v) is 4.42. The molecule has 1 heterocycles. The van der Waals surface area contributed by atoms with Gasteiger partial charge in [-0.1, -0.05) is 35.9 Å². The molecule has 1 aliphatic rings. The number of aromatic nitrogens is 1. The number of carbonyl (C=O) groups excluding carboxylic acids is 3. The van der Waals surface area contributed by atoms with Gasteiger partial charge in [0, 0.05) is 29.6 Å². The zero-order valence-corrected chi connectivity index (χ0v) is 22.2. The molecule has 0 atom stereocenters. The Morgan fingerprint density at radius 1 is 1.14 bits per heavy atom. The van der Waals surface area contributed by atoms with Crippen molar-refractivity contribution < 1.29 is 28.6 Å². The molecule has 37 heavy (non-hydrogen) atoms. The maximum Gasteiger partial charge on any atom is 0.343 e. The molecule has 8 nitrogen and oxygen atoms in total. The Balaban J connectivity index is 2.10. The summed E-state index contributed by atoms with van der Waals surface area (Å²) in [6.45, 7) is 5.27. The lowest BCUT2D eigenvalue weighted by Gasteiger charge is -2.28. The molecule has 0 radical (unpaired) electrons. The van der Waals surface area contributed by atoms with Gasteiger partial charge < -0.3 is 19.1 Å². The number of methoxy groups -OCH3 is 1. The fourth-order valence-electron chi connectivity index (χ4n) is 3.88. The number of hydrogen-bond acceptors (Lipinski definition) is 7. The highest BCUT2D eigenvalue weighted by Crippen LogP contribution is 2.39. The van der Waals surface area contributed by atoms with Crippen LogP contribution in [-0.4, -0.2) is 43.2 Å². The van der Waals surface area contributed by atoms with Crippen molar-refractivity contribution in [3.05, 3.63) is 75.6 Å². The summed E-state index contributed by atoms with van der Waals surface area (Å²) in [4.78, 5) is 44.1. The van der Waals surface area contributed by atoms with E-state index in [0.29, 0.717) is 29.7 Å². The molecule has 2 aromatic rings. The molecule has 1 aliphatic carbocycles. The minimum absolute atomic E-state index is 0.0479. The minimum atomic E-state index is -0.596. The highest BCUT2D eigenvalue weighted by molar-refractivity contribution is 6.37. The number of ether oxygens (including phenoxy) is 3. The summed E-state index contributed by atoms with van der Waals surface area (Å²) in [5.41, 5.74) is 2.72. The number of halogens is 2. The van der Waals surface area contributed by atoms with Crippen molar-refractivity contribution >= 4 is 46.7 Å². The number of nitrogens with zero attached hydrogens (tertiary/aromatic N) is 2. The summed E-state index contributed by atoms with van der Waals surface area (Å²) in [6, 6.07) is 4.77. The van der Waals surface area contributed by atoms with Gasteiger partial charge in [0.1, 0.15) is 12.4 Å². The largest absolute Gasteiger partial charge is 0.480 e. The molecular formula is C27H28Cl2N2O6. The molecule has 0 fully saturated rings. The molecule has 0 unspecified atom stereocenters. The molecule has 0 saturated carbocycles. The van der Waals surface area contributed by atoms with E-state index in [1.807, 2.05) is 13.0 Å².